The third-order valence-corrected chi connectivity index (χ3v) is 5.34. The number of hydrazone groups is 1. The van der Waals surface area contributed by atoms with Crippen molar-refractivity contribution in [1.82, 2.24) is 14.6 Å². The molecule has 11 heteroatoms. The Labute approximate surface area is 186 Å². The van der Waals surface area contributed by atoms with Gasteiger partial charge in [0.05, 0.1) is 23.2 Å². The highest BCUT2D eigenvalue weighted by Crippen LogP contribution is 2.34. The molecular formula is C22H19N5O6. The van der Waals surface area contributed by atoms with E-state index in [-0.39, 0.29) is 29.9 Å². The molecule has 0 aliphatic carbocycles. The van der Waals surface area contributed by atoms with E-state index in [0.717, 1.165) is 15.1 Å². The summed E-state index contributed by atoms with van der Waals surface area (Å²) in [6, 6.07) is 13.9. The lowest BCUT2D eigenvalue weighted by molar-refractivity contribution is -0.384. The molecule has 1 atom stereocenters. The first-order valence-corrected chi connectivity index (χ1v) is 9.98. The standard InChI is InChI=1S/C22H19N5O6/c1-13(28)26-18(15-8-5-9-16(10-15)27(32)33)11-17(24-26)19-20(29)23-22(31)25(21(19)30)12-14-6-3-2-4-7-14/h2-10,18,30H,11-12H2,1H3,(H,23,29,31). The number of nitro benzene ring substituents is 1. The molecule has 0 saturated heterocycles. The summed E-state index contributed by atoms with van der Waals surface area (Å²) in [6.45, 7) is 1.28. The number of rotatable bonds is 5. The van der Waals surface area contributed by atoms with E-state index in [1.54, 1.807) is 30.3 Å². The number of carbonyl (C=O) groups excluding carboxylic acids is 1. The molecule has 0 spiro atoms. The summed E-state index contributed by atoms with van der Waals surface area (Å²) in [7, 11) is 0. The molecule has 1 unspecified atom stereocenters. The van der Waals surface area contributed by atoms with Crippen LogP contribution in [0.4, 0.5) is 5.69 Å². The molecule has 2 N–H and O–H groups in total. The number of nitro groups is 1. The monoisotopic (exact) mass is 449 g/mol. The van der Waals surface area contributed by atoms with Crippen molar-refractivity contribution in [1.29, 1.82) is 0 Å². The predicted octanol–water partition coefficient (Wildman–Crippen LogP) is 1.90. The molecule has 11 nitrogen and oxygen atoms in total. The number of nitrogens with zero attached hydrogens (tertiary/aromatic N) is 4. The number of hydrogen-bond acceptors (Lipinski definition) is 7. The summed E-state index contributed by atoms with van der Waals surface area (Å²) in [4.78, 5) is 50.0. The molecule has 2 heterocycles. The fraction of sp³-hybridized carbons (Fsp3) is 0.182. The van der Waals surface area contributed by atoms with Gasteiger partial charge in [-0.3, -0.25) is 29.3 Å². The van der Waals surface area contributed by atoms with Gasteiger partial charge in [0.25, 0.3) is 11.2 Å². The van der Waals surface area contributed by atoms with Gasteiger partial charge in [0, 0.05) is 25.5 Å². The molecule has 4 rings (SSSR count). The second kappa shape index (κ2) is 8.54. The second-order valence-corrected chi connectivity index (χ2v) is 7.51. The molecule has 1 aliphatic heterocycles. The second-order valence-electron chi connectivity index (χ2n) is 7.51. The Kier molecular flexibility index (Phi) is 5.61. The van der Waals surface area contributed by atoms with Crippen molar-refractivity contribution >= 4 is 17.3 Å². The van der Waals surface area contributed by atoms with E-state index in [9.17, 15) is 29.6 Å². The first kappa shape index (κ1) is 21.7. The third kappa shape index (κ3) is 4.15. The number of aromatic nitrogens is 2. The maximum atomic E-state index is 12.6. The van der Waals surface area contributed by atoms with Crippen LogP contribution in [0.2, 0.25) is 0 Å². The summed E-state index contributed by atoms with van der Waals surface area (Å²) in [5.74, 6) is -1.02. The largest absolute Gasteiger partial charge is 0.494 e. The smallest absolute Gasteiger partial charge is 0.331 e. The molecule has 0 fully saturated rings. The number of carbonyl (C=O) groups is 1. The Morgan fingerprint density at radius 3 is 2.61 bits per heavy atom. The number of aromatic hydroxyl groups is 1. The Hall–Kier alpha value is -4.54. The average molecular weight is 449 g/mol. The molecule has 0 radical (unpaired) electrons. The van der Waals surface area contributed by atoms with Crippen molar-refractivity contribution < 1.29 is 14.8 Å². The molecule has 33 heavy (non-hydrogen) atoms. The van der Waals surface area contributed by atoms with Gasteiger partial charge >= 0.3 is 5.69 Å². The number of benzene rings is 2. The number of aromatic amines is 1. The van der Waals surface area contributed by atoms with Crippen LogP contribution in [0.1, 0.15) is 36.1 Å². The lowest BCUT2D eigenvalue weighted by atomic mass is 9.98. The molecule has 1 amide bonds. The predicted molar refractivity (Wildman–Crippen MR) is 118 cm³/mol. The van der Waals surface area contributed by atoms with Crippen molar-refractivity contribution in [3.05, 3.63) is 102 Å². The van der Waals surface area contributed by atoms with Crippen molar-refractivity contribution in [2.75, 3.05) is 0 Å². The van der Waals surface area contributed by atoms with Gasteiger partial charge in [0.15, 0.2) is 0 Å². The van der Waals surface area contributed by atoms with Crippen molar-refractivity contribution in [2.24, 2.45) is 5.10 Å². The van der Waals surface area contributed by atoms with E-state index in [0.29, 0.717) is 5.56 Å². The lowest BCUT2D eigenvalue weighted by Crippen LogP contribution is -2.34. The van der Waals surface area contributed by atoms with Gasteiger partial charge in [-0.2, -0.15) is 5.10 Å². The third-order valence-electron chi connectivity index (χ3n) is 5.34. The molecule has 0 bridgehead atoms. The highest BCUT2D eigenvalue weighted by molar-refractivity contribution is 6.04. The zero-order valence-electron chi connectivity index (χ0n) is 17.5. The lowest BCUT2D eigenvalue weighted by Gasteiger charge is -2.20. The van der Waals surface area contributed by atoms with Gasteiger partial charge in [0.1, 0.15) is 5.56 Å². The molecule has 3 aromatic rings. The number of non-ortho nitro benzene ring substituents is 1. The number of H-pyrrole nitrogens is 1. The summed E-state index contributed by atoms with van der Waals surface area (Å²) in [6.07, 6.45) is 0.0148. The van der Waals surface area contributed by atoms with Crippen LogP contribution in [0.25, 0.3) is 0 Å². The summed E-state index contributed by atoms with van der Waals surface area (Å²) < 4.78 is 1.01. The van der Waals surface area contributed by atoms with Crippen LogP contribution in [-0.4, -0.2) is 36.2 Å². The van der Waals surface area contributed by atoms with Gasteiger partial charge < -0.3 is 5.11 Å². The summed E-state index contributed by atoms with van der Waals surface area (Å²) in [5.41, 5.74) is -0.757. The topological polar surface area (TPSA) is 151 Å². The van der Waals surface area contributed by atoms with Crippen LogP contribution in [0.5, 0.6) is 5.88 Å². The Morgan fingerprint density at radius 2 is 1.94 bits per heavy atom. The van der Waals surface area contributed by atoms with E-state index in [4.69, 9.17) is 0 Å². The van der Waals surface area contributed by atoms with Crippen molar-refractivity contribution in [3.63, 3.8) is 0 Å². The molecule has 1 aliphatic rings. The highest BCUT2D eigenvalue weighted by atomic mass is 16.6. The van der Waals surface area contributed by atoms with Gasteiger partial charge in [-0.1, -0.05) is 42.5 Å². The fourth-order valence-electron chi connectivity index (χ4n) is 3.79. The zero-order chi connectivity index (χ0) is 23.7. The van der Waals surface area contributed by atoms with Crippen molar-refractivity contribution in [2.45, 2.75) is 25.9 Å². The van der Waals surface area contributed by atoms with Crippen LogP contribution in [0.3, 0.4) is 0 Å². The molecular weight excluding hydrogens is 430 g/mol. The van der Waals surface area contributed by atoms with E-state index in [2.05, 4.69) is 10.1 Å². The van der Waals surface area contributed by atoms with Crippen LogP contribution in [0.15, 0.2) is 69.3 Å². The zero-order valence-corrected chi connectivity index (χ0v) is 17.5. The van der Waals surface area contributed by atoms with Gasteiger partial charge in [-0.05, 0) is 11.1 Å². The maximum absolute atomic E-state index is 12.6. The van der Waals surface area contributed by atoms with Crippen LogP contribution in [-0.2, 0) is 11.3 Å². The average Bonchev–Trinajstić information content (AvgIpc) is 3.22. The van der Waals surface area contributed by atoms with Crippen LogP contribution in [0, 0.1) is 10.1 Å². The molecule has 168 valence electrons. The summed E-state index contributed by atoms with van der Waals surface area (Å²) >= 11 is 0. The minimum Gasteiger partial charge on any atom is -0.494 e. The number of nitrogens with one attached hydrogen (secondary N) is 1. The van der Waals surface area contributed by atoms with Gasteiger partial charge in [-0.15, -0.1) is 0 Å². The summed E-state index contributed by atoms with van der Waals surface area (Å²) in [5, 5.41) is 27.3. The SMILES string of the molecule is CC(=O)N1N=C(c2c(O)n(Cc3ccccc3)c(=O)[nH]c2=O)CC1c1cccc([N+](=O)[O-])c1. The Balaban J connectivity index is 1.77. The minimum absolute atomic E-state index is 0.00724. The Morgan fingerprint density at radius 1 is 1.21 bits per heavy atom. The normalized spacial score (nSPS) is 15.4. The van der Waals surface area contributed by atoms with Crippen molar-refractivity contribution in [3.8, 4) is 5.88 Å². The van der Waals surface area contributed by atoms with Gasteiger partial charge in [-0.25, -0.2) is 9.80 Å². The van der Waals surface area contributed by atoms with E-state index in [1.807, 2.05) is 6.07 Å². The van der Waals surface area contributed by atoms with E-state index in [1.165, 1.54) is 25.1 Å². The number of amides is 1. The molecule has 2 aromatic carbocycles. The maximum Gasteiger partial charge on any atom is 0.331 e. The fourth-order valence-corrected chi connectivity index (χ4v) is 3.79. The molecule has 1 aromatic heterocycles. The minimum atomic E-state index is -0.844. The van der Waals surface area contributed by atoms with Crippen LogP contribution >= 0.6 is 0 Å². The Bertz CT molecular complexity index is 1390. The van der Waals surface area contributed by atoms with Gasteiger partial charge in [0.2, 0.25) is 11.8 Å². The number of hydrogen-bond donors (Lipinski definition) is 2. The first-order chi connectivity index (χ1) is 15.8. The van der Waals surface area contributed by atoms with E-state index < -0.39 is 34.0 Å². The quantitative estimate of drug-likeness (QED) is 0.448. The highest BCUT2D eigenvalue weighted by Gasteiger charge is 2.35. The van der Waals surface area contributed by atoms with Crippen LogP contribution < -0.4 is 11.2 Å². The molecule has 0 saturated carbocycles. The first-order valence-electron chi connectivity index (χ1n) is 9.98. The van der Waals surface area contributed by atoms with E-state index >= 15 is 0 Å².